The van der Waals surface area contributed by atoms with Gasteiger partial charge in [-0.2, -0.15) is 0 Å². The van der Waals surface area contributed by atoms with Gasteiger partial charge in [0.25, 0.3) is 0 Å². The number of pyridine rings is 1. The largest absolute Gasteiger partial charge is 0.497 e. The Morgan fingerprint density at radius 1 is 1.31 bits per heavy atom. The molecule has 0 aliphatic rings. The highest BCUT2D eigenvalue weighted by atomic mass is 16.5. The molecule has 2 N–H and O–H groups in total. The Morgan fingerprint density at radius 3 is 2.94 bits per heavy atom. The van der Waals surface area contributed by atoms with E-state index in [4.69, 9.17) is 10.5 Å². The number of nitrogens with zero attached hydrogens (tertiary/aromatic N) is 1. The van der Waals surface area contributed by atoms with Gasteiger partial charge in [0.1, 0.15) is 5.75 Å². The zero-order chi connectivity index (χ0) is 11.4. The molecule has 0 aliphatic heterocycles. The second-order valence-corrected chi connectivity index (χ2v) is 3.60. The van der Waals surface area contributed by atoms with Crippen LogP contribution in [0.3, 0.4) is 0 Å². The van der Waals surface area contributed by atoms with Crippen molar-refractivity contribution in [1.82, 2.24) is 4.98 Å². The second kappa shape index (κ2) is 4.66. The lowest BCUT2D eigenvalue weighted by Gasteiger charge is -2.06. The lowest BCUT2D eigenvalue weighted by Crippen LogP contribution is -1.96. The van der Waals surface area contributed by atoms with E-state index < -0.39 is 0 Å². The quantitative estimate of drug-likeness (QED) is 0.852. The van der Waals surface area contributed by atoms with Crippen molar-refractivity contribution in [2.24, 2.45) is 0 Å². The average Bonchev–Trinajstić information content (AvgIpc) is 2.32. The van der Waals surface area contributed by atoms with Crippen molar-refractivity contribution in [2.45, 2.75) is 6.42 Å². The van der Waals surface area contributed by atoms with Crippen LogP contribution in [0.5, 0.6) is 5.75 Å². The first-order valence-electron chi connectivity index (χ1n) is 5.11. The topological polar surface area (TPSA) is 48.1 Å². The van der Waals surface area contributed by atoms with Crippen molar-refractivity contribution in [3.05, 3.63) is 53.9 Å². The van der Waals surface area contributed by atoms with Crippen LogP contribution in [0.1, 0.15) is 11.1 Å². The van der Waals surface area contributed by atoms with Crippen LogP contribution in [0.4, 0.5) is 5.69 Å². The van der Waals surface area contributed by atoms with E-state index in [1.165, 1.54) is 5.56 Å². The molecule has 2 aromatic rings. The molecule has 2 rings (SSSR count). The fourth-order valence-corrected chi connectivity index (χ4v) is 1.59. The molecule has 1 aromatic carbocycles. The van der Waals surface area contributed by atoms with Gasteiger partial charge in [-0.1, -0.05) is 12.1 Å². The highest BCUT2D eigenvalue weighted by molar-refractivity contribution is 5.47. The Kier molecular flexibility index (Phi) is 3.05. The number of aromatic nitrogens is 1. The summed E-state index contributed by atoms with van der Waals surface area (Å²) < 4.78 is 5.18. The molecule has 0 amide bonds. The number of rotatable bonds is 3. The molecule has 0 saturated carbocycles. The summed E-state index contributed by atoms with van der Waals surface area (Å²) in [6.45, 7) is 0. The number of nitrogens with two attached hydrogens (primary N) is 1. The van der Waals surface area contributed by atoms with E-state index in [9.17, 15) is 0 Å². The van der Waals surface area contributed by atoms with E-state index in [1.54, 1.807) is 19.5 Å². The number of hydrogen-bond acceptors (Lipinski definition) is 3. The highest BCUT2D eigenvalue weighted by Crippen LogP contribution is 2.18. The minimum atomic E-state index is 0.775. The molecule has 0 aliphatic carbocycles. The molecule has 1 aromatic heterocycles. The van der Waals surface area contributed by atoms with Gasteiger partial charge in [0.15, 0.2) is 0 Å². The molecule has 0 fully saturated rings. The Morgan fingerprint density at radius 2 is 2.19 bits per heavy atom. The predicted molar refractivity (Wildman–Crippen MR) is 64.4 cm³/mol. The first kappa shape index (κ1) is 10.5. The maximum Gasteiger partial charge on any atom is 0.119 e. The maximum absolute atomic E-state index is 5.87. The van der Waals surface area contributed by atoms with E-state index >= 15 is 0 Å². The van der Waals surface area contributed by atoms with Crippen molar-refractivity contribution in [2.75, 3.05) is 12.8 Å². The number of anilines is 1. The first-order chi connectivity index (χ1) is 7.79. The molecule has 0 saturated heterocycles. The SMILES string of the molecule is COc1cccc(Cc2cnccc2N)c1. The van der Waals surface area contributed by atoms with Crippen LogP contribution in [0, 0.1) is 0 Å². The van der Waals surface area contributed by atoms with Crippen LogP contribution >= 0.6 is 0 Å². The predicted octanol–water partition coefficient (Wildman–Crippen LogP) is 2.26. The second-order valence-electron chi connectivity index (χ2n) is 3.60. The molecule has 0 unspecified atom stereocenters. The van der Waals surface area contributed by atoms with Gasteiger partial charge in [-0.05, 0) is 29.3 Å². The minimum Gasteiger partial charge on any atom is -0.497 e. The summed E-state index contributed by atoms with van der Waals surface area (Å²) in [6, 6.07) is 9.77. The molecular formula is C13H14N2O. The van der Waals surface area contributed by atoms with E-state index in [0.29, 0.717) is 0 Å². The highest BCUT2D eigenvalue weighted by Gasteiger charge is 2.01. The molecule has 0 radical (unpaired) electrons. The van der Waals surface area contributed by atoms with Crippen molar-refractivity contribution in [3.63, 3.8) is 0 Å². The summed E-state index contributed by atoms with van der Waals surface area (Å²) in [4.78, 5) is 4.07. The summed E-state index contributed by atoms with van der Waals surface area (Å²) in [7, 11) is 1.66. The summed E-state index contributed by atoms with van der Waals surface area (Å²) in [5.41, 5.74) is 8.85. The molecule has 1 heterocycles. The molecule has 3 heteroatoms. The molecule has 3 nitrogen and oxygen atoms in total. The Bertz CT molecular complexity index is 483. The number of methoxy groups -OCH3 is 1. The zero-order valence-electron chi connectivity index (χ0n) is 9.18. The third-order valence-electron chi connectivity index (χ3n) is 2.47. The van der Waals surface area contributed by atoms with Gasteiger partial charge < -0.3 is 10.5 Å². The number of nitrogen functional groups attached to an aromatic ring is 1. The normalized spacial score (nSPS) is 10.1. The Balaban J connectivity index is 2.24. The van der Waals surface area contributed by atoms with Crippen LogP contribution in [-0.4, -0.2) is 12.1 Å². The third-order valence-corrected chi connectivity index (χ3v) is 2.47. The number of ether oxygens (including phenoxy) is 1. The van der Waals surface area contributed by atoms with Crippen LogP contribution in [0.15, 0.2) is 42.7 Å². The third kappa shape index (κ3) is 2.31. The molecule has 82 valence electrons. The number of hydrogen-bond donors (Lipinski definition) is 1. The van der Waals surface area contributed by atoms with Crippen LogP contribution in [-0.2, 0) is 6.42 Å². The molecule has 0 spiro atoms. The van der Waals surface area contributed by atoms with Gasteiger partial charge in [0.05, 0.1) is 7.11 Å². The monoisotopic (exact) mass is 214 g/mol. The standard InChI is InChI=1S/C13H14N2O/c1-16-12-4-2-3-10(8-12)7-11-9-15-6-5-13(11)14/h2-6,8-9H,7H2,1H3,(H2,14,15). The minimum absolute atomic E-state index is 0.775. The average molecular weight is 214 g/mol. The zero-order valence-corrected chi connectivity index (χ0v) is 9.18. The summed E-state index contributed by atoms with van der Waals surface area (Å²) in [5, 5.41) is 0. The van der Waals surface area contributed by atoms with Crippen LogP contribution in [0.2, 0.25) is 0 Å². The molecule has 0 bridgehead atoms. The smallest absolute Gasteiger partial charge is 0.119 e. The van der Waals surface area contributed by atoms with E-state index in [1.807, 2.05) is 24.3 Å². The Hall–Kier alpha value is -2.03. The summed E-state index contributed by atoms with van der Waals surface area (Å²) in [5.74, 6) is 0.861. The maximum atomic E-state index is 5.87. The van der Waals surface area contributed by atoms with Crippen LogP contribution in [0.25, 0.3) is 0 Å². The van der Waals surface area contributed by atoms with Crippen molar-refractivity contribution >= 4 is 5.69 Å². The van der Waals surface area contributed by atoms with Gasteiger partial charge in [-0.3, -0.25) is 4.98 Å². The lowest BCUT2D eigenvalue weighted by atomic mass is 10.1. The number of benzene rings is 1. The van der Waals surface area contributed by atoms with E-state index in [0.717, 1.165) is 23.4 Å². The van der Waals surface area contributed by atoms with E-state index in [2.05, 4.69) is 11.1 Å². The van der Waals surface area contributed by atoms with Gasteiger partial charge in [0.2, 0.25) is 0 Å². The van der Waals surface area contributed by atoms with Gasteiger partial charge in [0, 0.05) is 24.5 Å². The van der Waals surface area contributed by atoms with Crippen LogP contribution < -0.4 is 10.5 Å². The lowest BCUT2D eigenvalue weighted by molar-refractivity contribution is 0.414. The van der Waals surface area contributed by atoms with Crippen molar-refractivity contribution in [1.29, 1.82) is 0 Å². The van der Waals surface area contributed by atoms with Crippen molar-refractivity contribution < 1.29 is 4.74 Å². The fourth-order valence-electron chi connectivity index (χ4n) is 1.59. The van der Waals surface area contributed by atoms with Crippen molar-refractivity contribution in [3.8, 4) is 5.75 Å². The molecule has 0 atom stereocenters. The van der Waals surface area contributed by atoms with Gasteiger partial charge in [-0.15, -0.1) is 0 Å². The summed E-state index contributed by atoms with van der Waals surface area (Å²) in [6.07, 6.45) is 4.27. The fraction of sp³-hybridized carbons (Fsp3) is 0.154. The Labute approximate surface area is 94.9 Å². The first-order valence-corrected chi connectivity index (χ1v) is 5.11. The summed E-state index contributed by atoms with van der Waals surface area (Å²) >= 11 is 0. The van der Waals surface area contributed by atoms with Gasteiger partial charge >= 0.3 is 0 Å². The molecular weight excluding hydrogens is 200 g/mol. The molecule has 16 heavy (non-hydrogen) atoms. The van der Waals surface area contributed by atoms with Gasteiger partial charge in [-0.25, -0.2) is 0 Å². The van der Waals surface area contributed by atoms with E-state index in [-0.39, 0.29) is 0 Å².